The minimum absolute atomic E-state index is 0.167. The third-order valence-corrected chi connectivity index (χ3v) is 6.38. The first-order valence-corrected chi connectivity index (χ1v) is 10.3. The van der Waals surface area contributed by atoms with E-state index in [1.165, 1.54) is 18.2 Å². The van der Waals surface area contributed by atoms with E-state index in [0.29, 0.717) is 27.8 Å². The summed E-state index contributed by atoms with van der Waals surface area (Å²) in [5.41, 5.74) is 4.93. The average Bonchev–Trinajstić information content (AvgIpc) is 2.71. The van der Waals surface area contributed by atoms with Crippen LogP contribution in [0.3, 0.4) is 0 Å². The number of rotatable bonds is 4. The molecule has 0 aliphatic heterocycles. The van der Waals surface area contributed by atoms with Gasteiger partial charge < -0.3 is 4.90 Å². The van der Waals surface area contributed by atoms with E-state index in [-0.39, 0.29) is 17.5 Å². The largest absolute Gasteiger partial charge is 0.347 e. The molecule has 0 spiro atoms. The fourth-order valence-electron chi connectivity index (χ4n) is 4.36. The van der Waals surface area contributed by atoms with Gasteiger partial charge >= 0.3 is 0 Å². The van der Waals surface area contributed by atoms with E-state index in [0.717, 1.165) is 16.7 Å². The van der Waals surface area contributed by atoms with Crippen LogP contribution in [0.1, 0.15) is 44.5 Å². The lowest BCUT2D eigenvalue weighted by atomic mass is 9.65. The SMILES string of the molecule is Cc1ccc(C(C(=O)N(C)C)(c2ccc(F)cc2C)c2ccc(F)c(C)c2C)cc1C. The predicted molar refractivity (Wildman–Crippen MR) is 122 cm³/mol. The molecule has 162 valence electrons. The molecule has 0 aliphatic rings. The third kappa shape index (κ3) is 3.65. The second-order valence-electron chi connectivity index (χ2n) is 8.55. The van der Waals surface area contributed by atoms with Crippen molar-refractivity contribution in [2.24, 2.45) is 0 Å². The minimum Gasteiger partial charge on any atom is -0.347 e. The Labute approximate surface area is 183 Å². The van der Waals surface area contributed by atoms with E-state index in [9.17, 15) is 13.6 Å². The van der Waals surface area contributed by atoms with Gasteiger partial charge in [0, 0.05) is 14.1 Å². The van der Waals surface area contributed by atoms with Crippen molar-refractivity contribution >= 4 is 5.91 Å². The number of aryl methyl sites for hydroxylation is 3. The smallest absolute Gasteiger partial charge is 0.241 e. The minimum atomic E-state index is -1.25. The number of carbonyl (C=O) groups is 1. The van der Waals surface area contributed by atoms with Crippen LogP contribution in [0.15, 0.2) is 48.5 Å². The fourth-order valence-corrected chi connectivity index (χ4v) is 4.36. The van der Waals surface area contributed by atoms with E-state index in [1.807, 2.05) is 45.9 Å². The van der Waals surface area contributed by atoms with Gasteiger partial charge in [-0.3, -0.25) is 4.79 Å². The molecule has 1 atom stereocenters. The summed E-state index contributed by atoms with van der Waals surface area (Å²) in [4.78, 5) is 15.6. The van der Waals surface area contributed by atoms with Gasteiger partial charge in [-0.1, -0.05) is 30.3 Å². The Bertz CT molecular complexity index is 1170. The first kappa shape index (κ1) is 22.7. The van der Waals surface area contributed by atoms with Crippen LogP contribution in [0.2, 0.25) is 0 Å². The van der Waals surface area contributed by atoms with Crippen LogP contribution < -0.4 is 0 Å². The summed E-state index contributed by atoms with van der Waals surface area (Å²) in [7, 11) is 3.42. The number of halogens is 2. The number of benzene rings is 3. The summed E-state index contributed by atoms with van der Waals surface area (Å²) in [6.45, 7) is 9.39. The summed E-state index contributed by atoms with van der Waals surface area (Å²) >= 11 is 0. The van der Waals surface area contributed by atoms with E-state index in [1.54, 1.807) is 38.1 Å². The van der Waals surface area contributed by atoms with Crippen LogP contribution in [-0.2, 0) is 10.2 Å². The van der Waals surface area contributed by atoms with Gasteiger partial charge in [0.2, 0.25) is 5.91 Å². The number of hydrogen-bond donors (Lipinski definition) is 0. The molecule has 0 aliphatic carbocycles. The summed E-state index contributed by atoms with van der Waals surface area (Å²) < 4.78 is 28.5. The molecule has 0 saturated carbocycles. The monoisotopic (exact) mass is 421 g/mol. The van der Waals surface area contributed by atoms with Gasteiger partial charge in [0.25, 0.3) is 0 Å². The van der Waals surface area contributed by atoms with Crippen LogP contribution in [0.5, 0.6) is 0 Å². The van der Waals surface area contributed by atoms with Crippen LogP contribution in [0.4, 0.5) is 8.78 Å². The molecule has 0 bridgehead atoms. The fraction of sp³-hybridized carbons (Fsp3) is 0.296. The molecule has 1 unspecified atom stereocenters. The second-order valence-corrected chi connectivity index (χ2v) is 8.55. The van der Waals surface area contributed by atoms with Crippen molar-refractivity contribution in [3.8, 4) is 0 Å². The Hall–Kier alpha value is -3.01. The van der Waals surface area contributed by atoms with E-state index in [4.69, 9.17) is 0 Å². The highest BCUT2D eigenvalue weighted by molar-refractivity contribution is 5.97. The zero-order chi connectivity index (χ0) is 23.1. The number of hydrogen-bond acceptors (Lipinski definition) is 1. The molecule has 3 aromatic carbocycles. The van der Waals surface area contributed by atoms with E-state index < -0.39 is 5.41 Å². The van der Waals surface area contributed by atoms with Crippen molar-refractivity contribution in [3.05, 3.63) is 105 Å². The molecule has 2 nitrogen and oxygen atoms in total. The lowest BCUT2D eigenvalue weighted by Crippen LogP contribution is -2.47. The Balaban J connectivity index is 2.58. The molecule has 3 aromatic rings. The molecular weight excluding hydrogens is 392 g/mol. The quantitative estimate of drug-likeness (QED) is 0.478. The summed E-state index contributed by atoms with van der Waals surface area (Å²) in [5, 5.41) is 0. The number of nitrogens with zero attached hydrogens (tertiary/aromatic N) is 1. The highest BCUT2D eigenvalue weighted by Gasteiger charge is 2.47. The van der Waals surface area contributed by atoms with Crippen molar-refractivity contribution in [2.75, 3.05) is 14.1 Å². The van der Waals surface area contributed by atoms with Gasteiger partial charge in [0.05, 0.1) is 0 Å². The molecule has 4 heteroatoms. The van der Waals surface area contributed by atoms with Crippen molar-refractivity contribution in [3.63, 3.8) is 0 Å². The number of likely N-dealkylation sites (N-methyl/N-ethyl adjacent to an activating group) is 1. The van der Waals surface area contributed by atoms with Gasteiger partial charge in [0.1, 0.15) is 17.0 Å². The highest BCUT2D eigenvalue weighted by atomic mass is 19.1. The van der Waals surface area contributed by atoms with Crippen LogP contribution >= 0.6 is 0 Å². The molecule has 3 rings (SSSR count). The second kappa shape index (κ2) is 8.26. The Morgan fingerprint density at radius 3 is 1.97 bits per heavy atom. The topological polar surface area (TPSA) is 20.3 Å². The van der Waals surface area contributed by atoms with Crippen molar-refractivity contribution in [2.45, 2.75) is 40.0 Å². The maximum Gasteiger partial charge on any atom is 0.241 e. The normalized spacial score (nSPS) is 13.1. The Kier molecular flexibility index (Phi) is 6.04. The van der Waals surface area contributed by atoms with E-state index in [2.05, 4.69) is 0 Å². The molecule has 0 saturated heterocycles. The lowest BCUT2D eigenvalue weighted by molar-refractivity contribution is -0.132. The zero-order valence-electron chi connectivity index (χ0n) is 19.2. The van der Waals surface area contributed by atoms with Gasteiger partial charge in [-0.2, -0.15) is 0 Å². The predicted octanol–water partition coefficient (Wildman–Crippen LogP) is 5.93. The van der Waals surface area contributed by atoms with Gasteiger partial charge in [0.15, 0.2) is 0 Å². The van der Waals surface area contributed by atoms with Crippen molar-refractivity contribution in [1.29, 1.82) is 0 Å². The number of carbonyl (C=O) groups excluding carboxylic acids is 1. The first-order valence-electron chi connectivity index (χ1n) is 10.3. The molecule has 0 heterocycles. The van der Waals surface area contributed by atoms with Gasteiger partial charge in [-0.25, -0.2) is 8.78 Å². The summed E-state index contributed by atoms with van der Waals surface area (Å²) in [5.74, 6) is -0.845. The lowest BCUT2D eigenvalue weighted by Gasteiger charge is -2.39. The van der Waals surface area contributed by atoms with E-state index >= 15 is 0 Å². The molecule has 0 aromatic heterocycles. The van der Waals surface area contributed by atoms with Gasteiger partial charge in [-0.15, -0.1) is 0 Å². The molecular formula is C27H29F2NO. The first-order chi connectivity index (χ1) is 14.5. The summed E-state index contributed by atoms with van der Waals surface area (Å²) in [6, 6.07) is 13.6. The Morgan fingerprint density at radius 2 is 1.39 bits per heavy atom. The van der Waals surface area contributed by atoms with Crippen LogP contribution in [-0.4, -0.2) is 24.9 Å². The maximum absolute atomic E-state index is 14.4. The van der Waals surface area contributed by atoms with Crippen LogP contribution in [0.25, 0.3) is 0 Å². The third-order valence-electron chi connectivity index (χ3n) is 6.38. The Morgan fingerprint density at radius 1 is 0.742 bits per heavy atom. The number of amides is 1. The summed E-state index contributed by atoms with van der Waals surface area (Å²) in [6.07, 6.45) is 0. The van der Waals surface area contributed by atoms with Crippen molar-refractivity contribution < 1.29 is 13.6 Å². The molecule has 0 radical (unpaired) electrons. The molecule has 0 N–H and O–H groups in total. The molecule has 0 fully saturated rings. The van der Waals surface area contributed by atoms with Gasteiger partial charge in [-0.05, 0) is 97.3 Å². The average molecular weight is 422 g/mol. The standard InChI is InChI=1S/C27H29F2NO/c1-16-8-9-21(14-17(16)2)27(26(31)30(6)7,23-11-10-22(28)15-18(23)3)24-12-13-25(29)20(5)19(24)4/h8-15H,1-7H3. The van der Waals surface area contributed by atoms with Crippen LogP contribution in [0, 0.1) is 46.3 Å². The molecule has 31 heavy (non-hydrogen) atoms. The maximum atomic E-state index is 14.4. The van der Waals surface area contributed by atoms with Crippen molar-refractivity contribution in [1.82, 2.24) is 4.90 Å². The highest BCUT2D eigenvalue weighted by Crippen LogP contribution is 2.45. The zero-order valence-corrected chi connectivity index (χ0v) is 19.2. The molecule has 1 amide bonds.